The van der Waals surface area contributed by atoms with Crippen LogP contribution in [0.2, 0.25) is 0 Å². The van der Waals surface area contributed by atoms with Crippen molar-refractivity contribution in [3.8, 4) is 0 Å². The third-order valence-corrected chi connectivity index (χ3v) is 2.51. The molecule has 6 heteroatoms. The molecule has 112 valence electrons. The second kappa shape index (κ2) is 10.2. The van der Waals surface area contributed by atoms with Gasteiger partial charge in [-0.05, 0) is 5.56 Å². The standard InChI is InChI=1S/C14H21NO5/c1-18-7-8-19-11-13(9-16)15-14(17)20-10-12-5-3-2-4-6-12/h2-6,13,16H,7-11H2,1H3,(H,15,17). The minimum absolute atomic E-state index is 0.190. The van der Waals surface area contributed by atoms with Crippen LogP contribution in [0.3, 0.4) is 0 Å². The zero-order valence-electron chi connectivity index (χ0n) is 11.6. The molecular formula is C14H21NO5. The largest absolute Gasteiger partial charge is 0.445 e. The number of alkyl carbamates (subject to hydrolysis) is 1. The summed E-state index contributed by atoms with van der Waals surface area (Å²) < 4.78 is 15.1. The molecule has 0 heterocycles. The molecule has 0 spiro atoms. The molecule has 1 rings (SSSR count). The molecule has 0 aromatic heterocycles. The van der Waals surface area contributed by atoms with Gasteiger partial charge in [0.25, 0.3) is 0 Å². The number of hydrogen-bond acceptors (Lipinski definition) is 5. The average molecular weight is 283 g/mol. The van der Waals surface area contributed by atoms with Crippen LogP contribution in [0.1, 0.15) is 5.56 Å². The van der Waals surface area contributed by atoms with E-state index < -0.39 is 12.1 Å². The lowest BCUT2D eigenvalue weighted by Gasteiger charge is -2.16. The van der Waals surface area contributed by atoms with E-state index >= 15 is 0 Å². The van der Waals surface area contributed by atoms with Crippen molar-refractivity contribution in [1.82, 2.24) is 5.32 Å². The Bertz CT molecular complexity index is 371. The maximum absolute atomic E-state index is 11.5. The van der Waals surface area contributed by atoms with E-state index in [0.29, 0.717) is 13.2 Å². The molecule has 1 atom stereocenters. The Morgan fingerprint density at radius 3 is 2.70 bits per heavy atom. The molecule has 0 bridgehead atoms. The highest BCUT2D eigenvalue weighted by atomic mass is 16.5. The van der Waals surface area contributed by atoms with E-state index in [1.807, 2.05) is 30.3 Å². The van der Waals surface area contributed by atoms with Crippen LogP contribution < -0.4 is 5.32 Å². The third kappa shape index (κ3) is 7.08. The van der Waals surface area contributed by atoms with Gasteiger partial charge in [0.15, 0.2) is 0 Å². The van der Waals surface area contributed by atoms with E-state index in [4.69, 9.17) is 19.3 Å². The van der Waals surface area contributed by atoms with Crippen molar-refractivity contribution in [3.05, 3.63) is 35.9 Å². The minimum atomic E-state index is -0.580. The summed E-state index contributed by atoms with van der Waals surface area (Å²) in [6.45, 7) is 1.06. The van der Waals surface area contributed by atoms with Gasteiger partial charge in [-0.2, -0.15) is 0 Å². The number of nitrogens with one attached hydrogen (secondary N) is 1. The summed E-state index contributed by atoms with van der Waals surface area (Å²) in [6, 6.07) is 8.88. The van der Waals surface area contributed by atoms with Gasteiger partial charge in [0, 0.05) is 7.11 Å². The van der Waals surface area contributed by atoms with Gasteiger partial charge in [-0.15, -0.1) is 0 Å². The second-order valence-corrected chi connectivity index (χ2v) is 4.15. The van der Waals surface area contributed by atoms with Gasteiger partial charge in [-0.3, -0.25) is 0 Å². The number of aliphatic hydroxyl groups excluding tert-OH is 1. The van der Waals surface area contributed by atoms with Crippen LogP contribution in [0.15, 0.2) is 30.3 Å². The lowest BCUT2D eigenvalue weighted by molar-refractivity contribution is 0.0458. The lowest BCUT2D eigenvalue weighted by Crippen LogP contribution is -2.41. The van der Waals surface area contributed by atoms with Crippen molar-refractivity contribution in [3.63, 3.8) is 0 Å². The predicted octanol–water partition coefficient (Wildman–Crippen LogP) is 0.937. The summed E-state index contributed by atoms with van der Waals surface area (Å²) in [4.78, 5) is 11.5. The number of amides is 1. The predicted molar refractivity (Wildman–Crippen MR) is 73.3 cm³/mol. The van der Waals surface area contributed by atoms with Gasteiger partial charge in [-0.1, -0.05) is 30.3 Å². The van der Waals surface area contributed by atoms with Crippen molar-refractivity contribution in [1.29, 1.82) is 0 Å². The van der Waals surface area contributed by atoms with Crippen LogP contribution in [0.4, 0.5) is 4.79 Å². The van der Waals surface area contributed by atoms with E-state index in [1.165, 1.54) is 0 Å². The van der Waals surface area contributed by atoms with E-state index in [2.05, 4.69) is 5.32 Å². The Hall–Kier alpha value is -1.63. The Balaban J connectivity index is 2.21. The van der Waals surface area contributed by atoms with Crippen molar-refractivity contribution >= 4 is 6.09 Å². The van der Waals surface area contributed by atoms with Crippen molar-refractivity contribution in [2.24, 2.45) is 0 Å². The fourth-order valence-electron chi connectivity index (χ4n) is 1.44. The number of rotatable bonds is 9. The summed E-state index contributed by atoms with van der Waals surface area (Å²) in [6.07, 6.45) is -0.580. The highest BCUT2D eigenvalue weighted by Gasteiger charge is 2.12. The van der Waals surface area contributed by atoms with Crippen LogP contribution in [-0.4, -0.2) is 50.8 Å². The Morgan fingerprint density at radius 2 is 2.05 bits per heavy atom. The molecule has 1 aromatic rings. The smallest absolute Gasteiger partial charge is 0.407 e. The molecule has 0 aliphatic heterocycles. The number of carbonyl (C=O) groups is 1. The first-order chi connectivity index (χ1) is 9.76. The van der Waals surface area contributed by atoms with Crippen molar-refractivity contribution < 1.29 is 24.1 Å². The summed E-state index contributed by atoms with van der Waals surface area (Å²) in [5.74, 6) is 0. The van der Waals surface area contributed by atoms with Crippen LogP contribution in [-0.2, 0) is 20.8 Å². The normalized spacial score (nSPS) is 11.9. The Labute approximate surface area is 118 Å². The fraction of sp³-hybridized carbons (Fsp3) is 0.500. The van der Waals surface area contributed by atoms with E-state index in [9.17, 15) is 4.79 Å². The molecule has 0 saturated heterocycles. The summed E-state index contributed by atoms with van der Waals surface area (Å²) in [5, 5.41) is 11.7. The maximum Gasteiger partial charge on any atom is 0.407 e. The molecule has 0 aliphatic carbocycles. The van der Waals surface area contributed by atoms with Crippen LogP contribution in [0.5, 0.6) is 0 Å². The average Bonchev–Trinajstić information content (AvgIpc) is 2.49. The van der Waals surface area contributed by atoms with Gasteiger partial charge in [0.1, 0.15) is 6.61 Å². The highest BCUT2D eigenvalue weighted by molar-refractivity contribution is 5.67. The molecule has 1 amide bonds. The van der Waals surface area contributed by atoms with Crippen molar-refractivity contribution in [2.75, 3.05) is 33.5 Å². The van der Waals surface area contributed by atoms with E-state index in [1.54, 1.807) is 7.11 Å². The first kappa shape index (κ1) is 16.4. The Kier molecular flexibility index (Phi) is 8.37. The molecule has 2 N–H and O–H groups in total. The van der Waals surface area contributed by atoms with E-state index in [0.717, 1.165) is 5.56 Å². The zero-order chi connectivity index (χ0) is 14.6. The van der Waals surface area contributed by atoms with Crippen LogP contribution >= 0.6 is 0 Å². The third-order valence-electron chi connectivity index (χ3n) is 2.51. The number of aliphatic hydroxyl groups is 1. The van der Waals surface area contributed by atoms with Gasteiger partial charge in [0.05, 0.1) is 32.5 Å². The number of ether oxygens (including phenoxy) is 3. The topological polar surface area (TPSA) is 77.0 Å². The summed E-state index contributed by atoms with van der Waals surface area (Å²) in [7, 11) is 1.58. The minimum Gasteiger partial charge on any atom is -0.445 e. The highest BCUT2D eigenvalue weighted by Crippen LogP contribution is 2.00. The molecule has 0 saturated carbocycles. The molecule has 0 fully saturated rings. The molecule has 1 aromatic carbocycles. The SMILES string of the molecule is COCCOCC(CO)NC(=O)OCc1ccccc1. The number of methoxy groups -OCH3 is 1. The molecule has 1 unspecified atom stereocenters. The van der Waals surface area contributed by atoms with Crippen molar-refractivity contribution in [2.45, 2.75) is 12.6 Å². The van der Waals surface area contributed by atoms with Gasteiger partial charge in [0.2, 0.25) is 0 Å². The fourth-order valence-corrected chi connectivity index (χ4v) is 1.44. The van der Waals surface area contributed by atoms with E-state index in [-0.39, 0.29) is 19.8 Å². The second-order valence-electron chi connectivity index (χ2n) is 4.15. The Morgan fingerprint density at radius 1 is 1.30 bits per heavy atom. The maximum atomic E-state index is 11.5. The molecule has 20 heavy (non-hydrogen) atoms. The number of benzene rings is 1. The van der Waals surface area contributed by atoms with Gasteiger partial charge >= 0.3 is 6.09 Å². The van der Waals surface area contributed by atoms with Gasteiger partial charge < -0.3 is 24.6 Å². The first-order valence-electron chi connectivity index (χ1n) is 6.41. The van der Waals surface area contributed by atoms with Gasteiger partial charge in [-0.25, -0.2) is 4.79 Å². The molecule has 6 nitrogen and oxygen atoms in total. The first-order valence-corrected chi connectivity index (χ1v) is 6.41. The monoisotopic (exact) mass is 283 g/mol. The number of hydrogen-bond donors (Lipinski definition) is 2. The number of carbonyl (C=O) groups excluding carboxylic acids is 1. The molecule has 0 radical (unpaired) electrons. The quantitative estimate of drug-likeness (QED) is 0.659. The van der Waals surface area contributed by atoms with Crippen LogP contribution in [0, 0.1) is 0 Å². The summed E-state index contributed by atoms with van der Waals surface area (Å²) in [5.41, 5.74) is 0.902. The molecule has 0 aliphatic rings. The zero-order valence-corrected chi connectivity index (χ0v) is 11.6. The summed E-state index contributed by atoms with van der Waals surface area (Å²) >= 11 is 0. The molecular weight excluding hydrogens is 262 g/mol. The van der Waals surface area contributed by atoms with Crippen LogP contribution in [0.25, 0.3) is 0 Å². The lowest BCUT2D eigenvalue weighted by atomic mass is 10.2.